The first-order chi connectivity index (χ1) is 9.51. The molecule has 1 aromatic carbocycles. The van der Waals surface area contributed by atoms with Crippen molar-refractivity contribution in [3.05, 3.63) is 29.6 Å². The SMILES string of the molecule is CN=C(NCc1ccc(N(C)C)c(F)c1)NC1CC1C.I. The quantitative estimate of drug-likeness (QED) is 0.459. The summed E-state index contributed by atoms with van der Waals surface area (Å²) in [4.78, 5) is 5.94. The molecule has 0 aliphatic heterocycles. The minimum absolute atomic E-state index is 0. The van der Waals surface area contributed by atoms with Crippen LogP contribution in [0.1, 0.15) is 18.9 Å². The first kappa shape index (κ1) is 18.0. The zero-order valence-corrected chi connectivity index (χ0v) is 15.3. The van der Waals surface area contributed by atoms with Crippen LogP contribution in [0.15, 0.2) is 23.2 Å². The molecule has 4 nitrogen and oxygen atoms in total. The second kappa shape index (κ2) is 7.82. The average Bonchev–Trinajstić information content (AvgIpc) is 3.09. The van der Waals surface area contributed by atoms with Gasteiger partial charge in [0.2, 0.25) is 0 Å². The van der Waals surface area contributed by atoms with Crippen molar-refractivity contribution in [2.45, 2.75) is 25.9 Å². The number of rotatable bonds is 4. The number of nitrogens with one attached hydrogen (secondary N) is 2. The van der Waals surface area contributed by atoms with E-state index in [1.54, 1.807) is 24.1 Å². The number of nitrogens with zero attached hydrogens (tertiary/aromatic N) is 2. The smallest absolute Gasteiger partial charge is 0.191 e. The Kier molecular flexibility index (Phi) is 6.70. The summed E-state index contributed by atoms with van der Waals surface area (Å²) in [7, 11) is 5.41. The number of aliphatic imine (C=N–C) groups is 1. The van der Waals surface area contributed by atoms with E-state index in [1.807, 2.05) is 20.2 Å². The summed E-state index contributed by atoms with van der Waals surface area (Å²) in [5.41, 5.74) is 1.50. The maximum atomic E-state index is 13.9. The number of halogens is 2. The van der Waals surface area contributed by atoms with Crippen molar-refractivity contribution in [1.29, 1.82) is 0 Å². The average molecular weight is 406 g/mol. The Balaban J connectivity index is 0.00000220. The Morgan fingerprint density at radius 3 is 2.57 bits per heavy atom. The third kappa shape index (κ3) is 5.01. The second-order valence-corrected chi connectivity index (χ2v) is 5.57. The number of guanidine groups is 1. The largest absolute Gasteiger partial charge is 0.375 e. The van der Waals surface area contributed by atoms with Crippen LogP contribution < -0.4 is 15.5 Å². The number of benzene rings is 1. The second-order valence-electron chi connectivity index (χ2n) is 5.57. The molecule has 0 saturated heterocycles. The van der Waals surface area contributed by atoms with Crippen molar-refractivity contribution in [3.8, 4) is 0 Å². The summed E-state index contributed by atoms with van der Waals surface area (Å²) < 4.78 is 13.9. The summed E-state index contributed by atoms with van der Waals surface area (Å²) in [6.07, 6.45) is 1.19. The van der Waals surface area contributed by atoms with Gasteiger partial charge in [-0.3, -0.25) is 4.99 Å². The summed E-state index contributed by atoms with van der Waals surface area (Å²) in [6.45, 7) is 2.77. The van der Waals surface area contributed by atoms with E-state index < -0.39 is 0 Å². The van der Waals surface area contributed by atoms with Crippen molar-refractivity contribution in [1.82, 2.24) is 10.6 Å². The fourth-order valence-corrected chi connectivity index (χ4v) is 2.10. The Labute approximate surface area is 143 Å². The molecule has 1 aliphatic carbocycles. The molecule has 118 valence electrons. The zero-order chi connectivity index (χ0) is 14.7. The lowest BCUT2D eigenvalue weighted by atomic mass is 10.2. The van der Waals surface area contributed by atoms with Crippen LogP contribution in [-0.4, -0.2) is 33.1 Å². The predicted octanol–water partition coefficient (Wildman–Crippen LogP) is 2.58. The Hall–Kier alpha value is -1.05. The fourth-order valence-electron chi connectivity index (χ4n) is 2.10. The van der Waals surface area contributed by atoms with E-state index in [2.05, 4.69) is 22.5 Å². The van der Waals surface area contributed by atoms with Gasteiger partial charge in [-0.15, -0.1) is 24.0 Å². The summed E-state index contributed by atoms with van der Waals surface area (Å²) in [5.74, 6) is 1.29. The van der Waals surface area contributed by atoms with Crippen molar-refractivity contribution >= 4 is 35.6 Å². The molecule has 0 aromatic heterocycles. The highest BCUT2D eigenvalue weighted by molar-refractivity contribution is 14.0. The lowest BCUT2D eigenvalue weighted by molar-refractivity contribution is 0.623. The molecular weight excluding hydrogens is 382 g/mol. The zero-order valence-electron chi connectivity index (χ0n) is 13.0. The molecule has 2 unspecified atom stereocenters. The molecule has 2 atom stereocenters. The van der Waals surface area contributed by atoms with E-state index in [9.17, 15) is 4.39 Å². The lowest BCUT2D eigenvalue weighted by Crippen LogP contribution is -2.38. The Morgan fingerprint density at radius 2 is 2.10 bits per heavy atom. The van der Waals surface area contributed by atoms with E-state index in [-0.39, 0.29) is 29.8 Å². The third-order valence-corrected chi connectivity index (χ3v) is 3.61. The standard InChI is InChI=1S/C15H23FN4.HI/c1-10-7-13(10)19-15(17-2)18-9-11-5-6-14(20(3)4)12(16)8-11;/h5-6,8,10,13H,7,9H2,1-4H3,(H2,17,18,19);1H. The fraction of sp³-hybridized carbons (Fsp3) is 0.533. The van der Waals surface area contributed by atoms with Crippen LogP contribution in [0.2, 0.25) is 0 Å². The van der Waals surface area contributed by atoms with Crippen molar-refractivity contribution in [2.75, 3.05) is 26.0 Å². The molecule has 2 N–H and O–H groups in total. The van der Waals surface area contributed by atoms with Crippen molar-refractivity contribution < 1.29 is 4.39 Å². The highest BCUT2D eigenvalue weighted by atomic mass is 127. The van der Waals surface area contributed by atoms with Crippen LogP contribution in [0.4, 0.5) is 10.1 Å². The van der Waals surface area contributed by atoms with Gasteiger partial charge in [0.1, 0.15) is 5.82 Å². The summed E-state index contributed by atoms with van der Waals surface area (Å²) in [6, 6.07) is 5.81. The molecule has 1 aliphatic rings. The normalized spacial score (nSPS) is 20.5. The molecule has 2 rings (SSSR count). The molecule has 1 aromatic rings. The molecule has 0 heterocycles. The van der Waals surface area contributed by atoms with Crippen LogP contribution in [0.25, 0.3) is 0 Å². The van der Waals surface area contributed by atoms with Crippen molar-refractivity contribution in [2.24, 2.45) is 10.9 Å². The molecule has 0 radical (unpaired) electrons. The molecule has 0 amide bonds. The van der Waals surface area contributed by atoms with Crippen LogP contribution in [0.3, 0.4) is 0 Å². The number of anilines is 1. The minimum Gasteiger partial charge on any atom is -0.375 e. The van der Waals surface area contributed by atoms with Crippen LogP contribution in [0, 0.1) is 11.7 Å². The van der Waals surface area contributed by atoms with E-state index in [4.69, 9.17) is 0 Å². The molecule has 1 saturated carbocycles. The van der Waals surface area contributed by atoms with Gasteiger partial charge in [0.05, 0.1) is 5.69 Å². The van der Waals surface area contributed by atoms with E-state index in [0.717, 1.165) is 11.5 Å². The lowest BCUT2D eigenvalue weighted by Gasteiger charge is -2.15. The predicted molar refractivity (Wildman–Crippen MR) is 97.0 cm³/mol. The van der Waals surface area contributed by atoms with Crippen LogP contribution in [0.5, 0.6) is 0 Å². The van der Waals surface area contributed by atoms with Crippen molar-refractivity contribution in [3.63, 3.8) is 0 Å². The van der Waals surface area contributed by atoms with Gasteiger partial charge in [0.25, 0.3) is 0 Å². The topological polar surface area (TPSA) is 39.7 Å². The maximum Gasteiger partial charge on any atom is 0.191 e. The van der Waals surface area contributed by atoms with E-state index in [0.29, 0.717) is 24.2 Å². The monoisotopic (exact) mass is 406 g/mol. The van der Waals surface area contributed by atoms with Gasteiger partial charge in [0.15, 0.2) is 5.96 Å². The molecule has 1 fully saturated rings. The minimum atomic E-state index is -0.201. The maximum absolute atomic E-state index is 13.9. The first-order valence-electron chi connectivity index (χ1n) is 6.94. The van der Waals surface area contributed by atoms with E-state index >= 15 is 0 Å². The van der Waals surface area contributed by atoms with Gasteiger partial charge in [-0.25, -0.2) is 4.39 Å². The first-order valence-corrected chi connectivity index (χ1v) is 6.94. The molecular formula is C15H24FIN4. The molecule has 6 heteroatoms. The summed E-state index contributed by atoms with van der Waals surface area (Å²) in [5, 5.41) is 6.55. The van der Waals surface area contributed by atoms with Gasteiger partial charge < -0.3 is 15.5 Å². The van der Waals surface area contributed by atoms with Gasteiger partial charge in [-0.1, -0.05) is 13.0 Å². The highest BCUT2D eigenvalue weighted by Crippen LogP contribution is 2.28. The highest BCUT2D eigenvalue weighted by Gasteiger charge is 2.33. The van der Waals surface area contributed by atoms with Crippen LogP contribution in [-0.2, 0) is 6.54 Å². The Bertz CT molecular complexity index is 504. The molecule has 0 spiro atoms. The van der Waals surface area contributed by atoms with Crippen LogP contribution >= 0.6 is 24.0 Å². The molecule has 21 heavy (non-hydrogen) atoms. The Morgan fingerprint density at radius 1 is 1.43 bits per heavy atom. The number of hydrogen-bond donors (Lipinski definition) is 2. The van der Waals surface area contributed by atoms with Gasteiger partial charge in [0, 0.05) is 33.7 Å². The molecule has 0 bridgehead atoms. The third-order valence-electron chi connectivity index (χ3n) is 3.61. The van der Waals surface area contributed by atoms with E-state index in [1.165, 1.54) is 6.42 Å². The van der Waals surface area contributed by atoms with Gasteiger partial charge in [-0.05, 0) is 30.0 Å². The van der Waals surface area contributed by atoms with Gasteiger partial charge >= 0.3 is 0 Å². The number of hydrogen-bond acceptors (Lipinski definition) is 2. The van der Waals surface area contributed by atoms with Gasteiger partial charge in [-0.2, -0.15) is 0 Å². The summed E-state index contributed by atoms with van der Waals surface area (Å²) >= 11 is 0.